The number of aliphatic imine (C=N–C) groups is 1. The van der Waals surface area contributed by atoms with E-state index in [1.165, 1.54) is 25.7 Å². The lowest BCUT2D eigenvalue weighted by molar-refractivity contribution is 0.552. The van der Waals surface area contributed by atoms with E-state index < -0.39 is 0 Å². The van der Waals surface area contributed by atoms with Crippen LogP contribution in [-0.4, -0.2) is 11.2 Å². The standard InChI is InChI=1S/C9H17NS/c1-3-5-6-7-9(4-2)10-8-11/h9H,3-7H2,1-2H3/t9-/m0/s1. The summed E-state index contributed by atoms with van der Waals surface area (Å²) in [5.41, 5.74) is 0. The van der Waals surface area contributed by atoms with Crippen molar-refractivity contribution in [1.82, 2.24) is 0 Å². The second-order valence-electron chi connectivity index (χ2n) is 2.78. The predicted molar refractivity (Wildman–Crippen MR) is 53.2 cm³/mol. The van der Waals surface area contributed by atoms with Crippen molar-refractivity contribution in [1.29, 1.82) is 0 Å². The van der Waals surface area contributed by atoms with Gasteiger partial charge in [-0.15, -0.1) is 0 Å². The van der Waals surface area contributed by atoms with Crippen molar-refractivity contribution in [3.63, 3.8) is 0 Å². The fraction of sp³-hybridized carbons (Fsp3) is 0.889. The van der Waals surface area contributed by atoms with Gasteiger partial charge in [0.25, 0.3) is 0 Å². The predicted octanol–water partition coefficient (Wildman–Crippen LogP) is 3.45. The van der Waals surface area contributed by atoms with E-state index in [0.29, 0.717) is 6.04 Å². The molecule has 0 radical (unpaired) electrons. The largest absolute Gasteiger partial charge is 0.229 e. The Balaban J connectivity index is 3.43. The van der Waals surface area contributed by atoms with Crippen LogP contribution < -0.4 is 0 Å². The van der Waals surface area contributed by atoms with Gasteiger partial charge < -0.3 is 0 Å². The first-order chi connectivity index (χ1) is 5.35. The Kier molecular flexibility index (Phi) is 7.76. The summed E-state index contributed by atoms with van der Waals surface area (Å²) in [6.07, 6.45) is 6.12. The molecule has 11 heavy (non-hydrogen) atoms. The van der Waals surface area contributed by atoms with Crippen LogP contribution in [0.25, 0.3) is 0 Å². The highest BCUT2D eigenvalue weighted by Gasteiger charge is 2.01. The quantitative estimate of drug-likeness (QED) is 0.339. The van der Waals surface area contributed by atoms with Crippen LogP contribution in [-0.2, 0) is 0 Å². The Morgan fingerprint density at radius 1 is 1.36 bits per heavy atom. The molecule has 0 spiro atoms. The van der Waals surface area contributed by atoms with Gasteiger partial charge in [0.15, 0.2) is 0 Å². The summed E-state index contributed by atoms with van der Waals surface area (Å²) in [4.78, 5) is 4.08. The number of rotatable bonds is 6. The molecular formula is C9H17NS. The van der Waals surface area contributed by atoms with Crippen molar-refractivity contribution in [2.24, 2.45) is 4.99 Å². The number of isothiocyanates is 1. The Hall–Kier alpha value is -0.200. The van der Waals surface area contributed by atoms with E-state index in [0.717, 1.165) is 6.42 Å². The topological polar surface area (TPSA) is 12.4 Å². The van der Waals surface area contributed by atoms with E-state index in [1.54, 1.807) is 0 Å². The highest BCUT2D eigenvalue weighted by Crippen LogP contribution is 2.08. The molecule has 64 valence electrons. The van der Waals surface area contributed by atoms with Crippen LogP contribution in [0.5, 0.6) is 0 Å². The minimum Gasteiger partial charge on any atom is -0.229 e. The number of unbranched alkanes of at least 4 members (excludes halogenated alkanes) is 2. The minimum atomic E-state index is 0.430. The molecule has 0 aliphatic heterocycles. The highest BCUT2D eigenvalue weighted by molar-refractivity contribution is 7.78. The monoisotopic (exact) mass is 171 g/mol. The normalized spacial score (nSPS) is 12.2. The lowest BCUT2D eigenvalue weighted by Crippen LogP contribution is -2.01. The van der Waals surface area contributed by atoms with E-state index in [1.807, 2.05) is 0 Å². The molecule has 0 aromatic rings. The second-order valence-corrected chi connectivity index (χ2v) is 2.96. The van der Waals surface area contributed by atoms with Gasteiger partial charge in [-0.05, 0) is 25.1 Å². The van der Waals surface area contributed by atoms with Crippen LogP contribution in [0.3, 0.4) is 0 Å². The summed E-state index contributed by atoms with van der Waals surface area (Å²) in [5.74, 6) is 0. The highest BCUT2D eigenvalue weighted by atomic mass is 32.1. The van der Waals surface area contributed by atoms with Crippen LogP contribution >= 0.6 is 12.2 Å². The first-order valence-corrected chi connectivity index (χ1v) is 4.82. The van der Waals surface area contributed by atoms with Crippen LogP contribution in [0.15, 0.2) is 4.99 Å². The van der Waals surface area contributed by atoms with Gasteiger partial charge in [-0.1, -0.05) is 33.1 Å². The molecule has 0 saturated heterocycles. The van der Waals surface area contributed by atoms with Crippen LogP contribution in [0.2, 0.25) is 0 Å². The molecule has 0 aliphatic carbocycles. The molecule has 0 amide bonds. The average molecular weight is 171 g/mol. The molecule has 0 aromatic carbocycles. The number of hydrogen-bond acceptors (Lipinski definition) is 2. The SMILES string of the molecule is CCCCC[C@H](CC)N=C=S. The lowest BCUT2D eigenvalue weighted by atomic mass is 10.1. The van der Waals surface area contributed by atoms with Gasteiger partial charge in [0.2, 0.25) is 0 Å². The third-order valence-electron chi connectivity index (χ3n) is 1.85. The fourth-order valence-corrected chi connectivity index (χ4v) is 1.21. The van der Waals surface area contributed by atoms with Gasteiger partial charge in [-0.3, -0.25) is 0 Å². The molecule has 1 atom stereocenters. The Morgan fingerprint density at radius 2 is 2.09 bits per heavy atom. The lowest BCUT2D eigenvalue weighted by Gasteiger charge is -2.05. The van der Waals surface area contributed by atoms with E-state index in [4.69, 9.17) is 0 Å². The van der Waals surface area contributed by atoms with Gasteiger partial charge >= 0.3 is 0 Å². The van der Waals surface area contributed by atoms with Crippen molar-refractivity contribution in [3.05, 3.63) is 0 Å². The molecule has 0 aliphatic rings. The molecule has 0 heterocycles. The van der Waals surface area contributed by atoms with Crippen LogP contribution in [0, 0.1) is 0 Å². The van der Waals surface area contributed by atoms with Gasteiger partial charge in [0, 0.05) is 0 Å². The first-order valence-electron chi connectivity index (χ1n) is 4.42. The summed E-state index contributed by atoms with van der Waals surface area (Å²) < 4.78 is 0. The van der Waals surface area contributed by atoms with Gasteiger partial charge in [0.1, 0.15) is 0 Å². The smallest absolute Gasteiger partial charge is 0.0600 e. The average Bonchev–Trinajstić information content (AvgIpc) is 2.03. The molecule has 0 unspecified atom stereocenters. The summed E-state index contributed by atoms with van der Waals surface area (Å²) in [6.45, 7) is 4.36. The van der Waals surface area contributed by atoms with Crippen molar-refractivity contribution in [2.75, 3.05) is 0 Å². The summed E-state index contributed by atoms with van der Waals surface area (Å²) in [6, 6.07) is 0.430. The molecule has 0 saturated carbocycles. The number of thiocarbonyl (C=S) groups is 1. The molecule has 2 heteroatoms. The molecule has 0 N–H and O–H groups in total. The summed E-state index contributed by atoms with van der Waals surface area (Å²) >= 11 is 4.56. The molecular weight excluding hydrogens is 154 g/mol. The van der Waals surface area contributed by atoms with Gasteiger partial charge in [-0.2, -0.15) is 0 Å². The third-order valence-corrected chi connectivity index (χ3v) is 1.95. The molecule has 0 bridgehead atoms. The van der Waals surface area contributed by atoms with Crippen LogP contribution in [0.1, 0.15) is 46.0 Å². The van der Waals surface area contributed by atoms with E-state index in [2.05, 4.69) is 36.2 Å². The number of nitrogens with zero attached hydrogens (tertiary/aromatic N) is 1. The van der Waals surface area contributed by atoms with Crippen molar-refractivity contribution in [2.45, 2.75) is 52.0 Å². The summed E-state index contributed by atoms with van der Waals surface area (Å²) in [5, 5.41) is 2.45. The summed E-state index contributed by atoms with van der Waals surface area (Å²) in [7, 11) is 0. The maximum atomic E-state index is 4.56. The molecule has 0 aromatic heterocycles. The minimum absolute atomic E-state index is 0.430. The Labute approximate surface area is 74.9 Å². The molecule has 1 nitrogen and oxygen atoms in total. The Bertz CT molecular complexity index is 128. The van der Waals surface area contributed by atoms with E-state index >= 15 is 0 Å². The fourth-order valence-electron chi connectivity index (χ4n) is 1.06. The number of hydrogen-bond donors (Lipinski definition) is 0. The first kappa shape index (κ1) is 10.8. The van der Waals surface area contributed by atoms with Crippen molar-refractivity contribution < 1.29 is 0 Å². The van der Waals surface area contributed by atoms with Gasteiger partial charge in [0.05, 0.1) is 11.2 Å². The molecule has 0 fully saturated rings. The van der Waals surface area contributed by atoms with Crippen molar-refractivity contribution >= 4 is 17.4 Å². The van der Waals surface area contributed by atoms with Crippen LogP contribution in [0.4, 0.5) is 0 Å². The maximum Gasteiger partial charge on any atom is 0.0600 e. The zero-order valence-corrected chi connectivity index (χ0v) is 8.28. The van der Waals surface area contributed by atoms with E-state index in [-0.39, 0.29) is 0 Å². The van der Waals surface area contributed by atoms with Crippen molar-refractivity contribution in [3.8, 4) is 0 Å². The Morgan fingerprint density at radius 3 is 2.55 bits per heavy atom. The van der Waals surface area contributed by atoms with Gasteiger partial charge in [-0.25, -0.2) is 4.99 Å². The third kappa shape index (κ3) is 6.21. The maximum absolute atomic E-state index is 4.56. The zero-order valence-electron chi connectivity index (χ0n) is 7.47. The van der Waals surface area contributed by atoms with E-state index in [9.17, 15) is 0 Å². The second kappa shape index (κ2) is 7.90. The molecule has 0 rings (SSSR count). The zero-order chi connectivity index (χ0) is 8.53.